The van der Waals surface area contributed by atoms with Crippen LogP contribution in [0, 0.1) is 0 Å². The molecular formula is C18H14N2O3. The fourth-order valence-electron chi connectivity index (χ4n) is 2.21. The summed E-state index contributed by atoms with van der Waals surface area (Å²) in [5, 5.41) is 16.5. The van der Waals surface area contributed by atoms with Gasteiger partial charge in [-0.05, 0) is 35.0 Å². The van der Waals surface area contributed by atoms with Crippen molar-refractivity contribution in [3.8, 4) is 5.75 Å². The van der Waals surface area contributed by atoms with E-state index in [-0.39, 0.29) is 11.4 Å². The molecule has 0 bridgehead atoms. The molecule has 0 heterocycles. The summed E-state index contributed by atoms with van der Waals surface area (Å²) in [4.78, 5) is 23.9. The van der Waals surface area contributed by atoms with Gasteiger partial charge in [-0.2, -0.15) is 0 Å². The Labute approximate surface area is 132 Å². The maximum absolute atomic E-state index is 12.0. The molecule has 23 heavy (non-hydrogen) atoms. The minimum atomic E-state index is -0.848. The van der Waals surface area contributed by atoms with Gasteiger partial charge in [0.1, 0.15) is 5.75 Å². The predicted molar refractivity (Wildman–Crippen MR) is 89.3 cm³/mol. The number of phenols is 1. The van der Waals surface area contributed by atoms with Crippen LogP contribution in [0.3, 0.4) is 0 Å². The highest BCUT2D eigenvalue weighted by molar-refractivity contribution is 6.43. The number of aromatic hydroxyl groups is 1. The topological polar surface area (TPSA) is 78.4 Å². The molecule has 3 N–H and O–H groups in total. The molecule has 0 aliphatic heterocycles. The van der Waals surface area contributed by atoms with Crippen molar-refractivity contribution in [3.63, 3.8) is 0 Å². The van der Waals surface area contributed by atoms with Gasteiger partial charge < -0.3 is 15.7 Å². The second kappa shape index (κ2) is 6.19. The Hall–Kier alpha value is -3.34. The number of hydrogen-bond donors (Lipinski definition) is 3. The van der Waals surface area contributed by atoms with E-state index in [1.54, 1.807) is 24.3 Å². The Morgan fingerprint density at radius 1 is 0.739 bits per heavy atom. The third-order valence-corrected chi connectivity index (χ3v) is 3.37. The first-order valence-electron chi connectivity index (χ1n) is 7.02. The Morgan fingerprint density at radius 3 is 2.17 bits per heavy atom. The van der Waals surface area contributed by atoms with Gasteiger partial charge in [0, 0.05) is 5.69 Å². The van der Waals surface area contributed by atoms with Gasteiger partial charge in [0.05, 0.1) is 5.69 Å². The van der Waals surface area contributed by atoms with Crippen LogP contribution in [0.2, 0.25) is 0 Å². The van der Waals surface area contributed by atoms with Gasteiger partial charge in [-0.1, -0.05) is 42.5 Å². The lowest BCUT2D eigenvalue weighted by molar-refractivity contribution is -0.133. The number of anilines is 2. The summed E-state index contributed by atoms with van der Waals surface area (Å²) in [6.07, 6.45) is 0. The summed E-state index contributed by atoms with van der Waals surface area (Å²) in [7, 11) is 0. The van der Waals surface area contributed by atoms with Crippen molar-refractivity contribution in [2.24, 2.45) is 0 Å². The first-order chi connectivity index (χ1) is 11.1. The van der Waals surface area contributed by atoms with E-state index in [2.05, 4.69) is 10.6 Å². The molecule has 2 amide bonds. The zero-order chi connectivity index (χ0) is 16.2. The number of amides is 2. The smallest absolute Gasteiger partial charge is 0.314 e. The lowest BCUT2D eigenvalue weighted by Crippen LogP contribution is -2.29. The predicted octanol–water partition coefficient (Wildman–Crippen LogP) is 3.12. The lowest BCUT2D eigenvalue weighted by Gasteiger charge is -2.08. The molecule has 0 aliphatic rings. The Morgan fingerprint density at radius 2 is 1.39 bits per heavy atom. The molecular weight excluding hydrogens is 292 g/mol. The van der Waals surface area contributed by atoms with Crippen molar-refractivity contribution < 1.29 is 14.7 Å². The van der Waals surface area contributed by atoms with Crippen molar-refractivity contribution >= 4 is 34.0 Å². The molecule has 3 aromatic carbocycles. The number of rotatable bonds is 2. The van der Waals surface area contributed by atoms with Gasteiger partial charge >= 0.3 is 11.8 Å². The van der Waals surface area contributed by atoms with E-state index in [1.165, 1.54) is 12.1 Å². The van der Waals surface area contributed by atoms with Crippen LogP contribution in [0.5, 0.6) is 5.75 Å². The number of hydrogen-bond acceptors (Lipinski definition) is 3. The number of nitrogens with one attached hydrogen (secondary N) is 2. The summed E-state index contributed by atoms with van der Waals surface area (Å²) in [5.41, 5.74) is 0.715. The third kappa shape index (κ3) is 3.29. The second-order valence-corrected chi connectivity index (χ2v) is 4.99. The SMILES string of the molecule is O=C(Nc1ccc2ccccc2c1)C(=O)Nc1ccccc1O. The van der Waals surface area contributed by atoms with E-state index in [1.807, 2.05) is 30.3 Å². The average molecular weight is 306 g/mol. The molecule has 5 heteroatoms. The Kier molecular flexibility index (Phi) is 3.93. The first kappa shape index (κ1) is 14.6. The fourth-order valence-corrected chi connectivity index (χ4v) is 2.21. The van der Waals surface area contributed by atoms with Crippen molar-refractivity contribution in [2.45, 2.75) is 0 Å². The normalized spacial score (nSPS) is 10.3. The van der Waals surface area contributed by atoms with Crippen molar-refractivity contribution in [1.82, 2.24) is 0 Å². The molecule has 0 saturated carbocycles. The van der Waals surface area contributed by atoms with Crippen LogP contribution in [-0.2, 0) is 9.59 Å². The molecule has 114 valence electrons. The van der Waals surface area contributed by atoms with Crippen molar-refractivity contribution in [3.05, 3.63) is 66.7 Å². The van der Waals surface area contributed by atoms with Crippen LogP contribution in [0.1, 0.15) is 0 Å². The van der Waals surface area contributed by atoms with E-state index in [0.717, 1.165) is 10.8 Å². The van der Waals surface area contributed by atoms with Crippen molar-refractivity contribution in [1.29, 1.82) is 0 Å². The largest absolute Gasteiger partial charge is 0.506 e. The minimum absolute atomic E-state index is 0.0978. The molecule has 0 saturated heterocycles. The van der Waals surface area contributed by atoms with Crippen LogP contribution in [0.15, 0.2) is 66.7 Å². The molecule has 0 unspecified atom stereocenters. The van der Waals surface area contributed by atoms with E-state index < -0.39 is 11.8 Å². The molecule has 0 atom stereocenters. The highest BCUT2D eigenvalue weighted by Gasteiger charge is 2.15. The van der Waals surface area contributed by atoms with Crippen LogP contribution in [0.4, 0.5) is 11.4 Å². The molecule has 3 rings (SSSR count). The van der Waals surface area contributed by atoms with Gasteiger partial charge in [-0.3, -0.25) is 9.59 Å². The summed E-state index contributed by atoms with van der Waals surface area (Å²) < 4.78 is 0. The Balaban J connectivity index is 1.72. The maximum atomic E-state index is 12.0. The maximum Gasteiger partial charge on any atom is 0.314 e. The summed E-state index contributed by atoms with van der Waals surface area (Å²) in [6, 6.07) is 19.3. The van der Waals surface area contributed by atoms with Gasteiger partial charge in [-0.15, -0.1) is 0 Å². The van der Waals surface area contributed by atoms with Gasteiger partial charge in [0.2, 0.25) is 0 Å². The number of carbonyl (C=O) groups excluding carboxylic acids is 2. The number of para-hydroxylation sites is 2. The van der Waals surface area contributed by atoms with Crippen LogP contribution >= 0.6 is 0 Å². The molecule has 0 radical (unpaired) electrons. The molecule has 5 nitrogen and oxygen atoms in total. The molecule has 0 fully saturated rings. The molecule has 0 spiro atoms. The highest BCUT2D eigenvalue weighted by Crippen LogP contribution is 2.22. The second-order valence-electron chi connectivity index (χ2n) is 4.99. The van der Waals surface area contributed by atoms with E-state index >= 15 is 0 Å². The van der Waals surface area contributed by atoms with Crippen LogP contribution in [-0.4, -0.2) is 16.9 Å². The Bertz CT molecular complexity index is 890. The van der Waals surface area contributed by atoms with Crippen molar-refractivity contribution in [2.75, 3.05) is 10.6 Å². The van der Waals surface area contributed by atoms with E-state index in [4.69, 9.17) is 0 Å². The van der Waals surface area contributed by atoms with E-state index in [9.17, 15) is 14.7 Å². The quantitative estimate of drug-likeness (QED) is 0.503. The zero-order valence-corrected chi connectivity index (χ0v) is 12.1. The summed E-state index contributed by atoms with van der Waals surface area (Å²) in [6.45, 7) is 0. The monoisotopic (exact) mass is 306 g/mol. The van der Waals surface area contributed by atoms with Crippen LogP contribution in [0.25, 0.3) is 10.8 Å². The molecule has 0 aliphatic carbocycles. The van der Waals surface area contributed by atoms with Gasteiger partial charge in [-0.25, -0.2) is 0 Å². The highest BCUT2D eigenvalue weighted by atomic mass is 16.3. The first-order valence-corrected chi connectivity index (χ1v) is 7.02. The number of phenolic OH excluding ortho intramolecular Hbond substituents is 1. The van der Waals surface area contributed by atoms with Gasteiger partial charge in [0.15, 0.2) is 0 Å². The zero-order valence-electron chi connectivity index (χ0n) is 12.1. The molecule has 3 aromatic rings. The van der Waals surface area contributed by atoms with Gasteiger partial charge in [0.25, 0.3) is 0 Å². The van der Waals surface area contributed by atoms with Crippen LogP contribution < -0.4 is 10.6 Å². The summed E-state index contributed by atoms with van der Waals surface area (Å²) in [5.74, 6) is -1.75. The fraction of sp³-hybridized carbons (Fsp3) is 0. The minimum Gasteiger partial charge on any atom is -0.506 e. The number of carbonyl (C=O) groups is 2. The molecule has 0 aromatic heterocycles. The standard InChI is InChI=1S/C18H14N2O3/c21-16-8-4-3-7-15(16)20-18(23)17(22)19-14-10-9-12-5-1-2-6-13(12)11-14/h1-11,21H,(H,19,22)(H,20,23). The lowest BCUT2D eigenvalue weighted by atomic mass is 10.1. The van der Waals surface area contributed by atoms with E-state index in [0.29, 0.717) is 5.69 Å². The number of benzene rings is 3. The summed E-state index contributed by atoms with van der Waals surface area (Å²) >= 11 is 0. The number of fused-ring (bicyclic) bond motifs is 1. The third-order valence-electron chi connectivity index (χ3n) is 3.37. The average Bonchev–Trinajstić information content (AvgIpc) is 2.56.